The second-order valence-corrected chi connectivity index (χ2v) is 9.65. The van der Waals surface area contributed by atoms with Gasteiger partial charge in [0, 0.05) is 22.2 Å². The summed E-state index contributed by atoms with van der Waals surface area (Å²) in [4.78, 5) is 14.2. The van der Waals surface area contributed by atoms with E-state index in [0.717, 1.165) is 16.2 Å². The molecule has 0 N–H and O–H groups in total. The largest absolute Gasteiger partial charge is 0.327 e. The third kappa shape index (κ3) is 4.62. The van der Waals surface area contributed by atoms with Gasteiger partial charge in [0.05, 0.1) is 6.29 Å². The first-order chi connectivity index (χ1) is 13.5. The molecule has 0 spiro atoms. The molecule has 0 aromatic heterocycles. The van der Waals surface area contributed by atoms with Crippen molar-refractivity contribution in [2.75, 3.05) is 6.29 Å². The summed E-state index contributed by atoms with van der Waals surface area (Å²) < 4.78 is 14.2. The molecule has 1 amide bonds. The fraction of sp³-hybridized carbons (Fsp3) is 0.0870. The highest BCUT2D eigenvalue weighted by Crippen LogP contribution is 2.44. The number of carbonyl (C=O) groups is 1. The average Bonchev–Trinajstić information content (AvgIpc) is 2.75. The van der Waals surface area contributed by atoms with Crippen LogP contribution in [0.25, 0.3) is 0 Å². The van der Waals surface area contributed by atoms with Crippen molar-refractivity contribution in [2.45, 2.75) is 6.54 Å². The van der Waals surface area contributed by atoms with Gasteiger partial charge in [0.1, 0.15) is 0 Å². The minimum atomic E-state index is -3.06. The van der Waals surface area contributed by atoms with Crippen LogP contribution in [0.3, 0.4) is 0 Å². The van der Waals surface area contributed by atoms with Gasteiger partial charge in [0.25, 0.3) is 0 Å². The van der Waals surface area contributed by atoms with Gasteiger partial charge in [-0.3, -0.25) is 4.79 Å². The molecular weight excluding hydrogens is 389 g/mol. The molecule has 28 heavy (non-hydrogen) atoms. The predicted molar refractivity (Wildman–Crippen MR) is 117 cm³/mol. The summed E-state index contributed by atoms with van der Waals surface area (Å²) in [6.45, 7) is 3.94. The molecule has 0 aliphatic rings. The SMILES string of the molecule is C=CC(=O)N(Cc1ccc(Cl)cc1)CP(=O)(c1ccccc1)c1ccccc1. The van der Waals surface area contributed by atoms with Gasteiger partial charge in [0.15, 0.2) is 7.14 Å². The van der Waals surface area contributed by atoms with Crippen LogP contribution < -0.4 is 10.6 Å². The van der Waals surface area contributed by atoms with Crippen LogP contribution in [0.15, 0.2) is 97.6 Å². The number of rotatable bonds is 7. The van der Waals surface area contributed by atoms with E-state index in [0.29, 0.717) is 11.6 Å². The third-order valence-corrected chi connectivity index (χ3v) is 7.75. The van der Waals surface area contributed by atoms with Gasteiger partial charge in [0.2, 0.25) is 5.91 Å². The van der Waals surface area contributed by atoms with E-state index in [9.17, 15) is 9.36 Å². The summed E-state index contributed by atoms with van der Waals surface area (Å²) in [7, 11) is -3.06. The van der Waals surface area contributed by atoms with Crippen molar-refractivity contribution >= 4 is 35.3 Å². The van der Waals surface area contributed by atoms with Crippen LogP contribution in [0, 0.1) is 0 Å². The van der Waals surface area contributed by atoms with E-state index < -0.39 is 7.14 Å². The lowest BCUT2D eigenvalue weighted by Crippen LogP contribution is -2.34. The van der Waals surface area contributed by atoms with Gasteiger partial charge < -0.3 is 9.46 Å². The van der Waals surface area contributed by atoms with Crippen LogP contribution in [0.1, 0.15) is 5.56 Å². The van der Waals surface area contributed by atoms with Crippen LogP contribution in [0.4, 0.5) is 0 Å². The van der Waals surface area contributed by atoms with E-state index >= 15 is 0 Å². The van der Waals surface area contributed by atoms with E-state index in [1.165, 1.54) is 6.08 Å². The van der Waals surface area contributed by atoms with E-state index in [4.69, 9.17) is 11.6 Å². The van der Waals surface area contributed by atoms with Gasteiger partial charge >= 0.3 is 0 Å². The number of hydrogen-bond donors (Lipinski definition) is 0. The summed E-state index contributed by atoms with van der Waals surface area (Å²) in [5.41, 5.74) is 0.910. The zero-order valence-electron chi connectivity index (χ0n) is 15.4. The van der Waals surface area contributed by atoms with E-state index in [1.54, 1.807) is 17.0 Å². The molecular formula is C23H21ClNO2P. The molecule has 0 aliphatic heterocycles. The number of hydrogen-bond acceptors (Lipinski definition) is 2. The highest BCUT2D eigenvalue weighted by molar-refractivity contribution is 7.78. The Morgan fingerprint density at radius 1 is 0.893 bits per heavy atom. The van der Waals surface area contributed by atoms with Gasteiger partial charge in [-0.05, 0) is 23.8 Å². The van der Waals surface area contributed by atoms with Gasteiger partial charge in [-0.2, -0.15) is 0 Å². The number of carbonyl (C=O) groups excluding carboxylic acids is 1. The molecule has 0 heterocycles. The average molecular weight is 410 g/mol. The molecule has 0 saturated carbocycles. The standard InChI is InChI=1S/C23H21ClNO2P/c1-2-23(26)25(17-19-13-15-20(24)16-14-19)18-28(27,21-9-5-3-6-10-21)22-11-7-4-8-12-22/h2-16H,1,17-18H2. The van der Waals surface area contributed by atoms with Crippen molar-refractivity contribution in [3.63, 3.8) is 0 Å². The van der Waals surface area contributed by atoms with Crippen molar-refractivity contribution in [1.29, 1.82) is 0 Å². The summed E-state index contributed by atoms with van der Waals surface area (Å²) in [6.07, 6.45) is 1.35. The Labute approximate surface area is 170 Å². The Bertz CT molecular complexity index is 945. The number of amides is 1. The molecule has 3 aromatic carbocycles. The number of halogens is 1. The Morgan fingerprint density at radius 2 is 1.39 bits per heavy atom. The number of benzene rings is 3. The molecule has 142 valence electrons. The van der Waals surface area contributed by atoms with E-state index in [2.05, 4.69) is 6.58 Å². The minimum absolute atomic E-state index is 0.0918. The zero-order valence-corrected chi connectivity index (χ0v) is 17.0. The molecule has 5 heteroatoms. The normalized spacial score (nSPS) is 11.0. The second-order valence-electron chi connectivity index (χ2n) is 6.42. The number of nitrogens with zero attached hydrogens (tertiary/aromatic N) is 1. The summed E-state index contributed by atoms with van der Waals surface area (Å²) in [5, 5.41) is 2.07. The quantitative estimate of drug-likeness (QED) is 0.414. The van der Waals surface area contributed by atoms with Crippen LogP contribution >= 0.6 is 18.7 Å². The molecule has 3 rings (SSSR count). The first kappa shape index (κ1) is 20.1. The molecule has 0 saturated heterocycles. The fourth-order valence-corrected chi connectivity index (χ4v) is 5.81. The maximum absolute atomic E-state index is 14.2. The van der Waals surface area contributed by atoms with E-state index in [1.807, 2.05) is 72.8 Å². The Morgan fingerprint density at radius 3 is 1.86 bits per heavy atom. The van der Waals surface area contributed by atoms with E-state index in [-0.39, 0.29) is 12.2 Å². The molecule has 0 radical (unpaired) electrons. The van der Waals surface area contributed by atoms with Crippen molar-refractivity contribution in [2.24, 2.45) is 0 Å². The molecule has 0 atom stereocenters. The lowest BCUT2D eigenvalue weighted by Gasteiger charge is -2.28. The third-order valence-electron chi connectivity index (χ3n) is 4.49. The Kier molecular flexibility index (Phi) is 6.51. The topological polar surface area (TPSA) is 37.4 Å². The Hall–Kier alpha value is -2.61. The molecule has 0 fully saturated rings. The molecule has 3 aromatic rings. The van der Waals surface area contributed by atoms with Crippen LogP contribution in [-0.2, 0) is 15.9 Å². The molecule has 0 bridgehead atoms. The maximum atomic E-state index is 14.2. The highest BCUT2D eigenvalue weighted by Gasteiger charge is 2.31. The fourth-order valence-electron chi connectivity index (χ4n) is 3.03. The minimum Gasteiger partial charge on any atom is -0.327 e. The van der Waals surface area contributed by atoms with Crippen LogP contribution in [-0.4, -0.2) is 17.1 Å². The van der Waals surface area contributed by atoms with Crippen LogP contribution in [0.5, 0.6) is 0 Å². The first-order valence-electron chi connectivity index (χ1n) is 8.89. The lowest BCUT2D eigenvalue weighted by atomic mass is 10.2. The van der Waals surface area contributed by atoms with Crippen molar-refractivity contribution in [3.05, 3.63) is 108 Å². The second kappa shape index (κ2) is 9.05. The van der Waals surface area contributed by atoms with Gasteiger partial charge in [-0.15, -0.1) is 0 Å². The molecule has 0 unspecified atom stereocenters. The van der Waals surface area contributed by atoms with Gasteiger partial charge in [-0.1, -0.05) is 91.0 Å². The smallest absolute Gasteiger partial charge is 0.246 e. The van der Waals surface area contributed by atoms with Gasteiger partial charge in [-0.25, -0.2) is 0 Å². The van der Waals surface area contributed by atoms with Crippen LogP contribution in [0.2, 0.25) is 5.02 Å². The van der Waals surface area contributed by atoms with Crippen molar-refractivity contribution in [1.82, 2.24) is 4.90 Å². The monoisotopic (exact) mass is 409 g/mol. The van der Waals surface area contributed by atoms with Crippen molar-refractivity contribution < 1.29 is 9.36 Å². The lowest BCUT2D eigenvalue weighted by molar-refractivity contribution is -0.125. The molecule has 3 nitrogen and oxygen atoms in total. The Balaban J connectivity index is 2.00. The van der Waals surface area contributed by atoms with Crippen molar-refractivity contribution in [3.8, 4) is 0 Å². The maximum Gasteiger partial charge on any atom is 0.246 e. The summed E-state index contributed by atoms with van der Waals surface area (Å²) >= 11 is 5.96. The summed E-state index contributed by atoms with van der Waals surface area (Å²) in [5.74, 6) is -0.262. The zero-order chi connectivity index (χ0) is 20.0. The predicted octanol–water partition coefficient (Wildman–Crippen LogP) is 4.83. The molecule has 0 aliphatic carbocycles. The highest BCUT2D eigenvalue weighted by atomic mass is 35.5. The first-order valence-corrected chi connectivity index (χ1v) is 11.2. The summed E-state index contributed by atoms with van der Waals surface area (Å²) in [6, 6.07) is 25.9.